The van der Waals surface area contributed by atoms with Crippen LogP contribution < -0.4 is 0 Å². The summed E-state index contributed by atoms with van der Waals surface area (Å²) in [5.41, 5.74) is 1.04. The Balaban J connectivity index is 1.76. The van der Waals surface area contributed by atoms with Crippen LogP contribution in [-0.4, -0.2) is 19.9 Å². The van der Waals surface area contributed by atoms with Crippen molar-refractivity contribution in [3.8, 4) is 0 Å². The van der Waals surface area contributed by atoms with E-state index in [1.165, 1.54) is 6.42 Å². The first-order valence-corrected chi connectivity index (χ1v) is 9.58. The van der Waals surface area contributed by atoms with Crippen molar-refractivity contribution in [1.82, 2.24) is 0 Å². The van der Waals surface area contributed by atoms with Gasteiger partial charge >= 0.3 is 0 Å². The Kier molecular flexibility index (Phi) is 3.95. The van der Waals surface area contributed by atoms with Gasteiger partial charge in [-0.25, -0.2) is 0 Å². The number of hydrogen-bond acceptors (Lipinski definition) is 3. The molecular weight excluding hydrogens is 340 g/mol. The molecule has 0 aliphatic heterocycles. The molecule has 20 heavy (non-hydrogen) atoms. The van der Waals surface area contributed by atoms with E-state index in [0.717, 1.165) is 23.7 Å². The lowest BCUT2D eigenvalue weighted by atomic mass is 9.88. The van der Waals surface area contributed by atoms with Gasteiger partial charge in [0.15, 0.2) is 0 Å². The molecule has 3 rings (SSSR count). The monoisotopic (exact) mass is 358 g/mol. The third-order valence-electron chi connectivity index (χ3n) is 4.65. The quantitative estimate of drug-likeness (QED) is 0.610. The molecule has 5 heteroatoms. The minimum absolute atomic E-state index is 0.136. The molecule has 2 saturated carbocycles. The molecule has 0 amide bonds. The largest absolute Gasteiger partial charge is 0.297 e. The molecule has 2 aliphatic rings. The topological polar surface area (TPSA) is 43.4 Å². The third kappa shape index (κ3) is 2.68. The fourth-order valence-electron chi connectivity index (χ4n) is 3.64. The zero-order chi connectivity index (χ0) is 14.3. The van der Waals surface area contributed by atoms with Crippen LogP contribution in [0.2, 0.25) is 0 Å². The molecule has 1 aromatic carbocycles. The van der Waals surface area contributed by atoms with E-state index in [1.807, 2.05) is 6.92 Å². The van der Waals surface area contributed by atoms with Gasteiger partial charge in [-0.3, -0.25) is 4.18 Å². The summed E-state index contributed by atoms with van der Waals surface area (Å²) in [7, 11) is -3.63. The van der Waals surface area contributed by atoms with Crippen LogP contribution in [0.3, 0.4) is 0 Å². The molecule has 4 atom stereocenters. The number of aryl methyl sites for hydroxylation is 1. The standard InChI is InChI=1S/C15H19BrO3S/c1-10-2-4-13(5-3-10)20(17,18)19-15-8-11-6-12(9-16)14(15)7-11/h2-5,11-12,14-15H,6-9H2,1H3/t11-,12-,14-,15+/m0/s1. The first-order chi connectivity index (χ1) is 9.49. The van der Waals surface area contributed by atoms with Gasteiger partial charge in [-0.05, 0) is 56.1 Å². The minimum Gasteiger partial charge on any atom is -0.263 e. The summed E-state index contributed by atoms with van der Waals surface area (Å²) < 4.78 is 30.2. The number of alkyl halides is 1. The lowest BCUT2D eigenvalue weighted by Crippen LogP contribution is -2.30. The van der Waals surface area contributed by atoms with Gasteiger partial charge in [0, 0.05) is 5.33 Å². The summed E-state index contributed by atoms with van der Waals surface area (Å²) in [6.45, 7) is 1.94. The van der Waals surface area contributed by atoms with E-state index in [2.05, 4.69) is 15.9 Å². The van der Waals surface area contributed by atoms with E-state index in [-0.39, 0.29) is 11.0 Å². The molecule has 0 N–H and O–H groups in total. The van der Waals surface area contributed by atoms with Crippen LogP contribution >= 0.6 is 15.9 Å². The van der Waals surface area contributed by atoms with Crippen LogP contribution in [0, 0.1) is 24.7 Å². The van der Waals surface area contributed by atoms with Crippen molar-refractivity contribution < 1.29 is 12.6 Å². The summed E-state index contributed by atoms with van der Waals surface area (Å²) in [4.78, 5) is 0.265. The molecule has 2 aliphatic carbocycles. The highest BCUT2D eigenvalue weighted by Crippen LogP contribution is 2.50. The van der Waals surface area contributed by atoms with Crippen molar-refractivity contribution in [2.75, 3.05) is 5.33 Å². The zero-order valence-electron chi connectivity index (χ0n) is 11.5. The highest BCUT2D eigenvalue weighted by atomic mass is 79.9. The third-order valence-corrected chi connectivity index (χ3v) is 6.83. The highest BCUT2D eigenvalue weighted by Gasteiger charge is 2.47. The van der Waals surface area contributed by atoms with Crippen molar-refractivity contribution in [2.45, 2.75) is 37.2 Å². The highest BCUT2D eigenvalue weighted by molar-refractivity contribution is 9.09. The summed E-state index contributed by atoms with van der Waals surface area (Å²) in [5.74, 6) is 1.59. The summed E-state index contributed by atoms with van der Waals surface area (Å²) in [5, 5.41) is 0.943. The SMILES string of the molecule is Cc1ccc(S(=O)(=O)O[C@@H]2C[C@H]3C[C@@H](CBr)[C@@H]2C3)cc1. The van der Waals surface area contributed by atoms with E-state index >= 15 is 0 Å². The number of benzene rings is 1. The molecule has 0 unspecified atom stereocenters. The summed E-state index contributed by atoms with van der Waals surface area (Å²) in [6.07, 6.45) is 3.08. The molecule has 3 nitrogen and oxygen atoms in total. The summed E-state index contributed by atoms with van der Waals surface area (Å²) in [6, 6.07) is 6.86. The number of fused-ring (bicyclic) bond motifs is 2. The van der Waals surface area contributed by atoms with E-state index in [4.69, 9.17) is 4.18 Å². The van der Waals surface area contributed by atoms with Crippen LogP contribution in [0.5, 0.6) is 0 Å². The lowest BCUT2D eigenvalue weighted by Gasteiger charge is -2.27. The Morgan fingerprint density at radius 1 is 1.20 bits per heavy atom. The van der Waals surface area contributed by atoms with E-state index < -0.39 is 10.1 Å². The molecule has 0 heterocycles. The summed E-state index contributed by atoms with van der Waals surface area (Å²) >= 11 is 3.53. The molecule has 0 aromatic heterocycles. The molecule has 2 bridgehead atoms. The Morgan fingerprint density at radius 3 is 2.50 bits per heavy atom. The first-order valence-electron chi connectivity index (χ1n) is 7.05. The van der Waals surface area contributed by atoms with Crippen molar-refractivity contribution in [1.29, 1.82) is 0 Å². The van der Waals surface area contributed by atoms with Crippen LogP contribution in [0.25, 0.3) is 0 Å². The number of hydrogen-bond donors (Lipinski definition) is 0. The average molecular weight is 359 g/mol. The second kappa shape index (κ2) is 5.43. The van der Waals surface area contributed by atoms with Gasteiger partial charge in [-0.1, -0.05) is 33.6 Å². The first kappa shape index (κ1) is 14.5. The van der Waals surface area contributed by atoms with Gasteiger partial charge in [-0.2, -0.15) is 8.42 Å². The fourth-order valence-corrected chi connectivity index (χ4v) is 5.51. The molecule has 0 spiro atoms. The van der Waals surface area contributed by atoms with Crippen molar-refractivity contribution in [2.24, 2.45) is 17.8 Å². The maximum atomic E-state index is 12.3. The molecule has 110 valence electrons. The van der Waals surface area contributed by atoms with E-state index in [9.17, 15) is 8.42 Å². The molecule has 1 aromatic rings. The Morgan fingerprint density at radius 2 is 1.90 bits per heavy atom. The molecule has 0 radical (unpaired) electrons. The lowest BCUT2D eigenvalue weighted by molar-refractivity contribution is 0.117. The average Bonchev–Trinajstić information content (AvgIpc) is 2.97. The van der Waals surface area contributed by atoms with Crippen LogP contribution in [0.15, 0.2) is 29.2 Å². The second-order valence-corrected chi connectivity index (χ2v) is 8.27. The Hall–Kier alpha value is -0.390. The maximum absolute atomic E-state index is 12.3. The van der Waals surface area contributed by atoms with E-state index in [0.29, 0.717) is 17.8 Å². The van der Waals surface area contributed by atoms with Crippen molar-refractivity contribution >= 4 is 26.0 Å². The van der Waals surface area contributed by atoms with Crippen molar-refractivity contribution in [3.05, 3.63) is 29.8 Å². The number of halogens is 1. The molecule has 0 saturated heterocycles. The van der Waals surface area contributed by atoms with Gasteiger partial charge in [0.05, 0.1) is 11.0 Å². The van der Waals surface area contributed by atoms with Gasteiger partial charge in [-0.15, -0.1) is 0 Å². The maximum Gasteiger partial charge on any atom is 0.297 e. The molecular formula is C15H19BrO3S. The predicted octanol–water partition coefficient (Wildman–Crippen LogP) is 3.51. The van der Waals surface area contributed by atoms with Crippen molar-refractivity contribution in [3.63, 3.8) is 0 Å². The van der Waals surface area contributed by atoms with E-state index in [1.54, 1.807) is 24.3 Å². The minimum atomic E-state index is -3.63. The van der Waals surface area contributed by atoms with Gasteiger partial charge < -0.3 is 0 Å². The van der Waals surface area contributed by atoms with Gasteiger partial charge in [0.1, 0.15) is 0 Å². The molecule has 2 fully saturated rings. The van der Waals surface area contributed by atoms with Crippen LogP contribution in [0.1, 0.15) is 24.8 Å². The predicted molar refractivity (Wildman–Crippen MR) is 81.4 cm³/mol. The van der Waals surface area contributed by atoms with Gasteiger partial charge in [0.2, 0.25) is 0 Å². The Labute approximate surface area is 129 Å². The zero-order valence-corrected chi connectivity index (χ0v) is 13.9. The second-order valence-electron chi connectivity index (χ2n) is 6.05. The fraction of sp³-hybridized carbons (Fsp3) is 0.600. The number of rotatable bonds is 4. The smallest absolute Gasteiger partial charge is 0.263 e. The van der Waals surface area contributed by atoms with Gasteiger partial charge in [0.25, 0.3) is 10.1 Å². The van der Waals surface area contributed by atoms with Crippen LogP contribution in [-0.2, 0) is 14.3 Å². The Bertz CT molecular complexity index is 582. The normalized spacial score (nSPS) is 32.7. The van der Waals surface area contributed by atoms with Crippen LogP contribution in [0.4, 0.5) is 0 Å².